The summed E-state index contributed by atoms with van der Waals surface area (Å²) in [6.07, 6.45) is 0.864. The molecule has 3 nitrogen and oxygen atoms in total. The Morgan fingerprint density at radius 3 is 3.00 bits per heavy atom. The Balaban J connectivity index is 0.000000561. The number of thioether (sulfide) groups is 1. The molecular weight excluding hydrogens is 172 g/mol. The van der Waals surface area contributed by atoms with Gasteiger partial charge in [0.25, 0.3) is 0 Å². The number of nitrogens with one attached hydrogen (secondary N) is 2. The van der Waals surface area contributed by atoms with Gasteiger partial charge in [0.1, 0.15) is 6.29 Å². The number of rotatable bonds is 4. The first-order valence-electron chi connectivity index (χ1n) is 4.12. The van der Waals surface area contributed by atoms with Crippen LogP contribution in [0.15, 0.2) is 11.1 Å². The summed E-state index contributed by atoms with van der Waals surface area (Å²) < 4.78 is 0. The maximum atomic E-state index is 9.87. The molecule has 0 spiro atoms. The fourth-order valence-electron chi connectivity index (χ4n) is 0.688. The van der Waals surface area contributed by atoms with Crippen molar-refractivity contribution in [1.29, 1.82) is 0 Å². The smallest absolute Gasteiger partial charge is 0.133 e. The van der Waals surface area contributed by atoms with Crippen molar-refractivity contribution in [3.63, 3.8) is 0 Å². The third kappa shape index (κ3) is 5.21. The quantitative estimate of drug-likeness (QED) is 0.509. The summed E-state index contributed by atoms with van der Waals surface area (Å²) >= 11 is 1.74. The summed E-state index contributed by atoms with van der Waals surface area (Å²) in [5.41, 5.74) is 1.17. The largest absolute Gasteiger partial charge is 0.378 e. The van der Waals surface area contributed by atoms with Gasteiger partial charge in [-0.05, 0) is 5.41 Å². The van der Waals surface area contributed by atoms with Gasteiger partial charge in [0.05, 0.1) is 12.4 Å². The molecule has 12 heavy (non-hydrogen) atoms. The number of hydrogen-bond donors (Lipinski definition) is 2. The second-order valence-corrected chi connectivity index (χ2v) is 2.79. The lowest BCUT2D eigenvalue weighted by Crippen LogP contribution is -2.23. The lowest BCUT2D eigenvalue weighted by Gasteiger charge is -2.01. The molecule has 0 aliphatic carbocycles. The van der Waals surface area contributed by atoms with E-state index >= 15 is 0 Å². The molecule has 70 valence electrons. The molecule has 4 heteroatoms. The number of aldehydes is 1. The molecule has 0 aromatic heterocycles. The molecule has 1 aliphatic rings. The van der Waals surface area contributed by atoms with Gasteiger partial charge in [-0.3, -0.25) is 0 Å². The zero-order valence-corrected chi connectivity index (χ0v) is 8.41. The Kier molecular flexibility index (Phi) is 8.27. The Bertz CT molecular complexity index is 148. The Morgan fingerprint density at radius 2 is 2.50 bits per heavy atom. The van der Waals surface area contributed by atoms with Crippen LogP contribution in [0.4, 0.5) is 0 Å². The van der Waals surface area contributed by atoms with Crippen molar-refractivity contribution in [3.05, 3.63) is 11.1 Å². The van der Waals surface area contributed by atoms with Crippen molar-refractivity contribution in [2.24, 2.45) is 0 Å². The van der Waals surface area contributed by atoms with Crippen molar-refractivity contribution >= 4 is 18.0 Å². The van der Waals surface area contributed by atoms with Gasteiger partial charge in [0, 0.05) is 12.2 Å². The fourth-order valence-corrected chi connectivity index (χ4v) is 1.41. The van der Waals surface area contributed by atoms with Gasteiger partial charge in [0.15, 0.2) is 0 Å². The van der Waals surface area contributed by atoms with Gasteiger partial charge < -0.3 is 15.4 Å². The zero-order valence-electron chi connectivity index (χ0n) is 7.59. The van der Waals surface area contributed by atoms with Crippen LogP contribution in [0.25, 0.3) is 0 Å². The molecule has 2 N–H and O–H groups in total. The minimum Gasteiger partial charge on any atom is -0.378 e. The summed E-state index contributed by atoms with van der Waals surface area (Å²) in [6, 6.07) is 0. The molecule has 0 bridgehead atoms. The molecular formula is C8H16N2OS. The molecule has 0 aromatic rings. The predicted molar refractivity (Wildman–Crippen MR) is 54.0 cm³/mol. The summed E-state index contributed by atoms with van der Waals surface area (Å²) in [4.78, 5) is 9.87. The lowest BCUT2D eigenvalue weighted by atomic mass is 10.5. The van der Waals surface area contributed by atoms with Gasteiger partial charge in [-0.1, -0.05) is 13.8 Å². The minimum absolute atomic E-state index is 0.434. The average molecular weight is 188 g/mol. The van der Waals surface area contributed by atoms with E-state index < -0.39 is 0 Å². The summed E-state index contributed by atoms with van der Waals surface area (Å²) in [5.74, 6) is 0.956. The van der Waals surface area contributed by atoms with Gasteiger partial charge in [-0.15, -0.1) is 11.8 Å². The highest BCUT2D eigenvalue weighted by Crippen LogP contribution is 2.10. The second-order valence-electron chi connectivity index (χ2n) is 1.93. The molecule has 0 saturated carbocycles. The molecule has 0 fully saturated rings. The van der Waals surface area contributed by atoms with E-state index in [-0.39, 0.29) is 0 Å². The summed E-state index contributed by atoms with van der Waals surface area (Å²) in [5, 5.41) is 8.19. The summed E-state index contributed by atoms with van der Waals surface area (Å²) in [7, 11) is 0. The van der Waals surface area contributed by atoms with Crippen LogP contribution in [0.2, 0.25) is 0 Å². The maximum absolute atomic E-state index is 9.87. The Hall–Kier alpha value is -0.480. The molecule has 0 atom stereocenters. The third-order valence-electron chi connectivity index (χ3n) is 1.15. The molecule has 0 unspecified atom stereocenters. The monoisotopic (exact) mass is 188 g/mol. The average Bonchev–Trinajstić information content (AvgIpc) is 2.61. The van der Waals surface area contributed by atoms with Crippen LogP contribution >= 0.6 is 11.8 Å². The Morgan fingerprint density at radius 1 is 1.75 bits per heavy atom. The lowest BCUT2D eigenvalue weighted by molar-refractivity contribution is -0.107. The number of carbonyl (C=O) groups is 1. The molecule has 1 rings (SSSR count). The number of hydrogen-bond acceptors (Lipinski definition) is 4. The van der Waals surface area contributed by atoms with Crippen molar-refractivity contribution in [3.8, 4) is 0 Å². The van der Waals surface area contributed by atoms with Crippen molar-refractivity contribution in [2.75, 3.05) is 19.0 Å². The maximum Gasteiger partial charge on any atom is 0.133 e. The zero-order chi connectivity index (χ0) is 9.23. The normalized spacial score (nSPS) is 14.0. The van der Waals surface area contributed by atoms with Crippen molar-refractivity contribution in [1.82, 2.24) is 10.6 Å². The van der Waals surface area contributed by atoms with E-state index in [9.17, 15) is 4.79 Å². The van der Waals surface area contributed by atoms with Crippen molar-refractivity contribution in [2.45, 2.75) is 13.8 Å². The topological polar surface area (TPSA) is 41.1 Å². The van der Waals surface area contributed by atoms with E-state index in [0.717, 1.165) is 18.7 Å². The summed E-state index contributed by atoms with van der Waals surface area (Å²) in [6.45, 7) is 5.20. The van der Waals surface area contributed by atoms with Crippen LogP contribution < -0.4 is 10.6 Å². The number of carbonyl (C=O) groups excluding carboxylic acids is 1. The molecule has 0 saturated heterocycles. The van der Waals surface area contributed by atoms with Crippen LogP contribution in [0.3, 0.4) is 0 Å². The minimum atomic E-state index is 0.434. The van der Waals surface area contributed by atoms with E-state index in [1.165, 1.54) is 5.70 Å². The molecule has 0 amide bonds. The second kappa shape index (κ2) is 8.62. The van der Waals surface area contributed by atoms with Crippen LogP contribution in [0.5, 0.6) is 0 Å². The van der Waals surface area contributed by atoms with Gasteiger partial charge in [-0.25, -0.2) is 0 Å². The molecule has 1 heterocycles. The van der Waals surface area contributed by atoms with E-state index in [2.05, 4.69) is 16.0 Å². The van der Waals surface area contributed by atoms with Gasteiger partial charge in [0.2, 0.25) is 0 Å². The van der Waals surface area contributed by atoms with Gasteiger partial charge >= 0.3 is 0 Å². The van der Waals surface area contributed by atoms with Crippen LogP contribution in [0, 0.1) is 0 Å². The van der Waals surface area contributed by atoms with E-state index in [0.29, 0.717) is 6.54 Å². The van der Waals surface area contributed by atoms with Crippen molar-refractivity contribution < 1.29 is 4.79 Å². The molecule has 0 radical (unpaired) electrons. The van der Waals surface area contributed by atoms with Crippen LogP contribution in [-0.2, 0) is 4.79 Å². The van der Waals surface area contributed by atoms with E-state index in [1.54, 1.807) is 11.8 Å². The first-order valence-corrected chi connectivity index (χ1v) is 5.17. The van der Waals surface area contributed by atoms with E-state index in [4.69, 9.17) is 0 Å². The Labute approximate surface area is 78.0 Å². The highest BCUT2D eigenvalue weighted by atomic mass is 32.2. The predicted octanol–water partition coefficient (Wildman–Crippen LogP) is 0.936. The first-order chi connectivity index (χ1) is 5.93. The SMILES string of the molecule is CC.O=CCNCC1=CSCN1. The van der Waals surface area contributed by atoms with Crippen LogP contribution in [0.1, 0.15) is 13.8 Å². The first kappa shape index (κ1) is 11.5. The van der Waals surface area contributed by atoms with E-state index in [1.807, 2.05) is 13.8 Å². The molecule has 1 aliphatic heterocycles. The third-order valence-corrected chi connectivity index (χ3v) is 1.91. The highest BCUT2D eigenvalue weighted by Gasteiger charge is 2.00. The fraction of sp³-hybridized carbons (Fsp3) is 0.625. The highest BCUT2D eigenvalue weighted by molar-refractivity contribution is 8.02. The van der Waals surface area contributed by atoms with Gasteiger partial charge in [-0.2, -0.15) is 0 Å². The van der Waals surface area contributed by atoms with Crippen LogP contribution in [-0.4, -0.2) is 25.3 Å². The molecule has 0 aromatic carbocycles. The standard InChI is InChI=1S/C6H10N2OS.C2H6/c9-2-1-7-3-6-4-10-5-8-6;1-2/h2,4,7-8H,1,3,5H2;1-2H3.